The van der Waals surface area contributed by atoms with Gasteiger partial charge in [-0.25, -0.2) is 0 Å². The molecule has 2 aromatic rings. The van der Waals surface area contributed by atoms with Crippen molar-refractivity contribution in [2.75, 3.05) is 26.1 Å². The van der Waals surface area contributed by atoms with Gasteiger partial charge in [-0.2, -0.15) is 0 Å². The van der Waals surface area contributed by atoms with E-state index in [2.05, 4.69) is 29.6 Å². The second-order valence-corrected chi connectivity index (χ2v) is 5.05. The van der Waals surface area contributed by atoms with Gasteiger partial charge in [0.25, 0.3) is 0 Å². The smallest absolute Gasteiger partial charge is 0.145 e. The summed E-state index contributed by atoms with van der Waals surface area (Å²) in [7, 11) is 3.34. The highest BCUT2D eigenvalue weighted by Gasteiger charge is 2.25. The first-order chi connectivity index (χ1) is 9.81. The van der Waals surface area contributed by atoms with Gasteiger partial charge in [0.1, 0.15) is 11.5 Å². The first-order valence-electron chi connectivity index (χ1n) is 6.85. The summed E-state index contributed by atoms with van der Waals surface area (Å²) in [6.07, 6.45) is 1.15. The topological polar surface area (TPSA) is 30.5 Å². The molecule has 0 saturated carbocycles. The number of hydrogen-bond acceptors (Lipinski definition) is 3. The lowest BCUT2D eigenvalue weighted by molar-refractivity contribution is 0.395. The van der Waals surface area contributed by atoms with Gasteiger partial charge < -0.3 is 14.8 Å². The van der Waals surface area contributed by atoms with Crippen molar-refractivity contribution in [2.24, 2.45) is 0 Å². The van der Waals surface area contributed by atoms with Crippen LogP contribution in [0.15, 0.2) is 42.5 Å². The monoisotopic (exact) mass is 269 g/mol. The number of nitrogens with one attached hydrogen (secondary N) is 1. The van der Waals surface area contributed by atoms with Crippen LogP contribution in [0.5, 0.6) is 11.5 Å². The highest BCUT2D eigenvalue weighted by molar-refractivity contribution is 5.59. The Bertz CT molecular complexity index is 610. The lowest BCUT2D eigenvalue weighted by Crippen LogP contribution is -2.24. The maximum absolute atomic E-state index is 5.40. The molecule has 0 bridgehead atoms. The van der Waals surface area contributed by atoms with E-state index in [1.54, 1.807) is 14.2 Å². The molecule has 2 aromatic carbocycles. The molecule has 0 spiro atoms. The van der Waals surface area contributed by atoms with Crippen LogP contribution in [0.3, 0.4) is 0 Å². The predicted molar refractivity (Wildman–Crippen MR) is 80.9 cm³/mol. The van der Waals surface area contributed by atoms with E-state index >= 15 is 0 Å². The Hall–Kier alpha value is -2.16. The van der Waals surface area contributed by atoms with Crippen LogP contribution in [-0.4, -0.2) is 20.8 Å². The molecule has 0 aromatic heterocycles. The highest BCUT2D eigenvalue weighted by atomic mass is 16.5. The van der Waals surface area contributed by atoms with Gasteiger partial charge in [0.05, 0.1) is 19.9 Å². The van der Waals surface area contributed by atoms with Gasteiger partial charge in [-0.05, 0) is 29.7 Å². The Morgan fingerprint density at radius 2 is 1.95 bits per heavy atom. The van der Waals surface area contributed by atoms with Gasteiger partial charge in [-0.3, -0.25) is 0 Å². The molecule has 1 unspecified atom stereocenters. The number of anilines is 1. The molecule has 0 radical (unpaired) electrons. The molecule has 20 heavy (non-hydrogen) atoms. The van der Waals surface area contributed by atoms with Gasteiger partial charge in [0.15, 0.2) is 0 Å². The second kappa shape index (κ2) is 5.45. The minimum atomic E-state index is 0.595. The van der Waals surface area contributed by atoms with Gasteiger partial charge >= 0.3 is 0 Å². The van der Waals surface area contributed by atoms with E-state index < -0.39 is 0 Å². The zero-order chi connectivity index (χ0) is 13.9. The summed E-state index contributed by atoms with van der Waals surface area (Å²) in [6, 6.07) is 14.5. The van der Waals surface area contributed by atoms with Crippen molar-refractivity contribution in [3.63, 3.8) is 0 Å². The van der Waals surface area contributed by atoms with E-state index in [1.807, 2.05) is 18.2 Å². The molecule has 1 aliphatic carbocycles. The van der Waals surface area contributed by atoms with E-state index in [1.165, 1.54) is 11.1 Å². The molecular formula is C17H19NO2. The number of hydrogen-bond donors (Lipinski definition) is 1. The van der Waals surface area contributed by atoms with E-state index in [9.17, 15) is 0 Å². The van der Waals surface area contributed by atoms with E-state index in [0.29, 0.717) is 5.92 Å². The van der Waals surface area contributed by atoms with Gasteiger partial charge in [-0.1, -0.05) is 24.3 Å². The molecule has 104 valence electrons. The molecule has 0 saturated heterocycles. The molecular weight excluding hydrogens is 250 g/mol. The van der Waals surface area contributed by atoms with Crippen LogP contribution < -0.4 is 14.8 Å². The maximum Gasteiger partial charge on any atom is 0.145 e. The molecule has 3 rings (SSSR count). The standard InChI is InChI=1S/C17H19NO2/c1-19-14-7-8-16(17(10-14)20-2)18-11-13-9-12-5-3-4-6-15(12)13/h3-8,10,13,18H,9,11H2,1-2H3. The Labute approximate surface area is 119 Å². The normalized spacial score (nSPS) is 16.0. The lowest BCUT2D eigenvalue weighted by Gasteiger charge is -2.30. The molecule has 0 fully saturated rings. The average Bonchev–Trinajstić information content (AvgIpc) is 2.48. The summed E-state index contributed by atoms with van der Waals surface area (Å²) >= 11 is 0. The Morgan fingerprint density at radius 1 is 1.10 bits per heavy atom. The van der Waals surface area contributed by atoms with Crippen molar-refractivity contribution in [1.82, 2.24) is 0 Å². The van der Waals surface area contributed by atoms with Crippen molar-refractivity contribution in [3.8, 4) is 11.5 Å². The fourth-order valence-electron chi connectivity index (χ4n) is 2.72. The van der Waals surface area contributed by atoms with Crippen LogP contribution in [0.4, 0.5) is 5.69 Å². The summed E-state index contributed by atoms with van der Waals surface area (Å²) in [5.74, 6) is 2.22. The second-order valence-electron chi connectivity index (χ2n) is 5.05. The highest BCUT2D eigenvalue weighted by Crippen LogP contribution is 2.36. The summed E-state index contributed by atoms with van der Waals surface area (Å²) in [6.45, 7) is 0.930. The number of ether oxygens (including phenoxy) is 2. The third-order valence-electron chi connectivity index (χ3n) is 3.91. The van der Waals surface area contributed by atoms with Gasteiger partial charge in [-0.15, -0.1) is 0 Å². The zero-order valence-electron chi connectivity index (χ0n) is 11.8. The largest absolute Gasteiger partial charge is 0.497 e. The number of fused-ring (bicyclic) bond motifs is 1. The lowest BCUT2D eigenvalue weighted by atomic mass is 9.77. The van der Waals surface area contributed by atoms with E-state index in [4.69, 9.17) is 9.47 Å². The minimum absolute atomic E-state index is 0.595. The molecule has 0 heterocycles. The summed E-state index contributed by atoms with van der Waals surface area (Å²) in [5, 5.41) is 3.48. The van der Waals surface area contributed by atoms with Crippen molar-refractivity contribution in [2.45, 2.75) is 12.3 Å². The zero-order valence-corrected chi connectivity index (χ0v) is 11.8. The van der Waals surface area contributed by atoms with Gasteiger partial charge in [0.2, 0.25) is 0 Å². The van der Waals surface area contributed by atoms with Crippen molar-refractivity contribution in [1.29, 1.82) is 0 Å². The van der Waals surface area contributed by atoms with Crippen molar-refractivity contribution >= 4 is 5.69 Å². The van der Waals surface area contributed by atoms with Gasteiger partial charge in [0, 0.05) is 18.5 Å². The summed E-state index contributed by atoms with van der Waals surface area (Å²) in [5.41, 5.74) is 3.95. The van der Waals surface area contributed by atoms with Crippen LogP contribution >= 0.6 is 0 Å². The third kappa shape index (κ3) is 2.31. The number of methoxy groups -OCH3 is 2. The quantitative estimate of drug-likeness (QED) is 0.901. The SMILES string of the molecule is COc1ccc(NCC2Cc3ccccc32)c(OC)c1. The molecule has 1 N–H and O–H groups in total. The number of benzene rings is 2. The van der Waals surface area contributed by atoms with Crippen LogP contribution in [-0.2, 0) is 6.42 Å². The Balaban J connectivity index is 1.68. The van der Waals surface area contributed by atoms with Crippen LogP contribution in [0.2, 0.25) is 0 Å². The fraction of sp³-hybridized carbons (Fsp3) is 0.294. The first-order valence-corrected chi connectivity index (χ1v) is 6.85. The molecule has 1 atom stereocenters. The summed E-state index contributed by atoms with van der Waals surface area (Å²) < 4.78 is 10.6. The van der Waals surface area contributed by atoms with E-state index in [0.717, 1.165) is 30.2 Å². The molecule has 0 amide bonds. The van der Waals surface area contributed by atoms with Crippen molar-refractivity contribution < 1.29 is 9.47 Å². The third-order valence-corrected chi connectivity index (χ3v) is 3.91. The average molecular weight is 269 g/mol. The molecule has 3 nitrogen and oxygen atoms in total. The summed E-state index contributed by atoms with van der Waals surface area (Å²) in [4.78, 5) is 0. The van der Waals surface area contributed by atoms with E-state index in [-0.39, 0.29) is 0 Å². The van der Waals surface area contributed by atoms with Crippen LogP contribution in [0, 0.1) is 0 Å². The van der Waals surface area contributed by atoms with Crippen molar-refractivity contribution in [3.05, 3.63) is 53.6 Å². The molecule has 1 aliphatic rings. The fourth-order valence-corrected chi connectivity index (χ4v) is 2.72. The molecule has 0 aliphatic heterocycles. The van der Waals surface area contributed by atoms with Crippen LogP contribution in [0.25, 0.3) is 0 Å². The Morgan fingerprint density at radius 3 is 2.70 bits per heavy atom. The molecule has 3 heteroatoms. The first kappa shape index (κ1) is 12.9. The van der Waals surface area contributed by atoms with Crippen LogP contribution in [0.1, 0.15) is 17.0 Å². The maximum atomic E-state index is 5.40. The minimum Gasteiger partial charge on any atom is -0.497 e. The number of rotatable bonds is 5. The predicted octanol–water partition coefficient (Wildman–Crippen LogP) is 3.46. The Kier molecular flexibility index (Phi) is 3.50.